The Balaban J connectivity index is 1.98. The Kier molecular flexibility index (Phi) is 4.10. The summed E-state index contributed by atoms with van der Waals surface area (Å²) in [6.45, 7) is -1.39. The van der Waals surface area contributed by atoms with E-state index >= 15 is 0 Å². The summed E-state index contributed by atoms with van der Waals surface area (Å²) in [4.78, 5) is 6.96. The summed E-state index contributed by atoms with van der Waals surface area (Å²) in [5.74, 6) is 0.0192. The largest absolute Gasteiger partial charge is 0.411 e. The van der Waals surface area contributed by atoms with Gasteiger partial charge in [-0.3, -0.25) is 0 Å². The predicted molar refractivity (Wildman–Crippen MR) is 64.3 cm³/mol. The molecule has 0 saturated carbocycles. The number of ether oxygens (including phenoxy) is 1. The number of hydrogen-bond donors (Lipinski definition) is 1. The van der Waals surface area contributed by atoms with E-state index in [0.717, 1.165) is 0 Å². The van der Waals surface area contributed by atoms with Gasteiger partial charge in [-0.1, -0.05) is 0 Å². The first-order valence-electron chi connectivity index (χ1n) is 5.33. The van der Waals surface area contributed by atoms with E-state index in [-0.39, 0.29) is 17.5 Å². The zero-order valence-corrected chi connectivity index (χ0v) is 11.1. The van der Waals surface area contributed by atoms with Gasteiger partial charge in [0.1, 0.15) is 18.2 Å². The van der Waals surface area contributed by atoms with E-state index in [1.165, 1.54) is 12.1 Å². The number of halogens is 5. The fourth-order valence-corrected chi connectivity index (χ4v) is 1.86. The van der Waals surface area contributed by atoms with Crippen LogP contribution in [0.5, 0.6) is 0 Å². The Labute approximate surface area is 114 Å². The maximum absolute atomic E-state index is 13.3. The number of benzene rings is 1. The lowest BCUT2D eigenvalue weighted by Crippen LogP contribution is -2.18. The zero-order chi connectivity index (χ0) is 14.0. The topological polar surface area (TPSA) is 37.9 Å². The Morgan fingerprint density at radius 2 is 2.05 bits per heavy atom. The lowest BCUT2D eigenvalue weighted by molar-refractivity contribution is -0.173. The molecule has 1 aromatic heterocycles. The third kappa shape index (κ3) is 3.90. The van der Waals surface area contributed by atoms with Crippen LogP contribution in [0.4, 0.5) is 17.6 Å². The molecule has 1 N–H and O–H groups in total. The van der Waals surface area contributed by atoms with Crippen molar-refractivity contribution in [2.45, 2.75) is 12.6 Å². The van der Waals surface area contributed by atoms with E-state index in [0.29, 0.717) is 16.9 Å². The van der Waals surface area contributed by atoms with Gasteiger partial charge in [-0.25, -0.2) is 9.37 Å². The maximum atomic E-state index is 13.3. The van der Waals surface area contributed by atoms with Crippen molar-refractivity contribution in [1.82, 2.24) is 9.97 Å². The molecule has 0 saturated heterocycles. The second kappa shape index (κ2) is 5.46. The smallest absolute Gasteiger partial charge is 0.372 e. The average Bonchev–Trinajstić information content (AvgIpc) is 2.66. The van der Waals surface area contributed by atoms with Gasteiger partial charge in [-0.05, 0) is 22.0 Å². The minimum Gasteiger partial charge on any atom is -0.372 e. The summed E-state index contributed by atoms with van der Waals surface area (Å²) in [7, 11) is 0. The van der Waals surface area contributed by atoms with Crippen molar-refractivity contribution < 1.29 is 22.3 Å². The molecular formula is C11H9BrF4N2O. The van der Waals surface area contributed by atoms with E-state index in [1.807, 2.05) is 0 Å². The molecule has 0 amide bonds. The summed E-state index contributed by atoms with van der Waals surface area (Å²) in [6, 6.07) is 2.77. The Hall–Kier alpha value is -1.15. The summed E-state index contributed by atoms with van der Waals surface area (Å²) in [6.07, 6.45) is -4.13. The quantitative estimate of drug-likeness (QED) is 0.682. The molecule has 0 spiro atoms. The van der Waals surface area contributed by atoms with Crippen molar-refractivity contribution in [2.75, 3.05) is 13.2 Å². The SMILES string of the molecule is Fc1cc2[nH]c(CCOCC(F)(F)F)nc2cc1Br. The normalized spacial score (nSPS) is 12.3. The zero-order valence-electron chi connectivity index (χ0n) is 9.52. The molecule has 8 heteroatoms. The van der Waals surface area contributed by atoms with Gasteiger partial charge >= 0.3 is 6.18 Å². The number of nitrogens with one attached hydrogen (secondary N) is 1. The van der Waals surface area contributed by atoms with Crippen molar-refractivity contribution in [1.29, 1.82) is 0 Å². The molecule has 0 bridgehead atoms. The average molecular weight is 341 g/mol. The fraction of sp³-hybridized carbons (Fsp3) is 0.364. The van der Waals surface area contributed by atoms with E-state index < -0.39 is 18.6 Å². The van der Waals surface area contributed by atoms with Crippen molar-refractivity contribution in [3.05, 3.63) is 28.2 Å². The third-order valence-electron chi connectivity index (χ3n) is 2.32. The van der Waals surface area contributed by atoms with E-state index in [1.54, 1.807) is 0 Å². The van der Waals surface area contributed by atoms with Crippen molar-refractivity contribution >= 4 is 27.0 Å². The van der Waals surface area contributed by atoms with E-state index in [9.17, 15) is 17.6 Å². The Morgan fingerprint density at radius 1 is 1.32 bits per heavy atom. The number of rotatable bonds is 4. The number of fused-ring (bicyclic) bond motifs is 1. The molecule has 1 aromatic carbocycles. The van der Waals surface area contributed by atoms with Crippen LogP contribution in [0.15, 0.2) is 16.6 Å². The number of aromatic amines is 1. The minimum absolute atomic E-state index is 0.108. The molecule has 19 heavy (non-hydrogen) atoms. The standard InChI is InChI=1S/C11H9BrF4N2O/c12-6-3-8-9(4-7(6)13)18-10(17-8)1-2-19-5-11(14,15)16/h3-4H,1-2,5H2,(H,17,18). The minimum atomic E-state index is -4.33. The molecule has 2 rings (SSSR count). The van der Waals surface area contributed by atoms with Crippen LogP contribution in [-0.2, 0) is 11.2 Å². The van der Waals surface area contributed by atoms with Gasteiger partial charge in [0, 0.05) is 12.5 Å². The molecule has 3 nitrogen and oxygen atoms in total. The highest BCUT2D eigenvalue weighted by Gasteiger charge is 2.27. The van der Waals surface area contributed by atoms with Crippen LogP contribution in [0, 0.1) is 5.82 Å². The van der Waals surface area contributed by atoms with Crippen molar-refractivity contribution in [3.63, 3.8) is 0 Å². The second-order valence-electron chi connectivity index (χ2n) is 3.88. The number of hydrogen-bond acceptors (Lipinski definition) is 2. The number of imidazole rings is 1. The summed E-state index contributed by atoms with van der Waals surface area (Å²) in [5.41, 5.74) is 1.03. The first kappa shape index (κ1) is 14.3. The Morgan fingerprint density at radius 3 is 2.74 bits per heavy atom. The van der Waals surface area contributed by atoms with Gasteiger partial charge in [0.05, 0.1) is 22.1 Å². The van der Waals surface area contributed by atoms with Crippen LogP contribution in [0.3, 0.4) is 0 Å². The first-order valence-corrected chi connectivity index (χ1v) is 6.12. The predicted octanol–water partition coefficient (Wildman–Crippen LogP) is 3.59. The Bertz CT molecular complexity index is 543. The molecule has 0 radical (unpaired) electrons. The van der Waals surface area contributed by atoms with Gasteiger partial charge in [0.2, 0.25) is 0 Å². The van der Waals surface area contributed by atoms with Crippen LogP contribution in [0.25, 0.3) is 11.0 Å². The summed E-state index contributed by atoms with van der Waals surface area (Å²) in [5, 5.41) is 0. The molecule has 2 aromatic rings. The number of H-pyrrole nitrogens is 1. The number of nitrogens with zero attached hydrogens (tertiary/aromatic N) is 1. The molecule has 0 aliphatic heterocycles. The van der Waals surface area contributed by atoms with Gasteiger partial charge in [-0.2, -0.15) is 13.2 Å². The molecular weight excluding hydrogens is 332 g/mol. The van der Waals surface area contributed by atoms with Crippen LogP contribution >= 0.6 is 15.9 Å². The van der Waals surface area contributed by atoms with Crippen molar-refractivity contribution in [2.24, 2.45) is 0 Å². The summed E-state index contributed by atoms with van der Waals surface area (Å²) < 4.78 is 53.5. The molecule has 0 fully saturated rings. The van der Waals surface area contributed by atoms with Crippen LogP contribution < -0.4 is 0 Å². The molecule has 0 aliphatic rings. The molecule has 0 aliphatic carbocycles. The fourth-order valence-electron chi connectivity index (χ4n) is 1.53. The van der Waals surface area contributed by atoms with Gasteiger partial charge < -0.3 is 9.72 Å². The molecule has 0 unspecified atom stereocenters. The van der Waals surface area contributed by atoms with E-state index in [4.69, 9.17) is 0 Å². The number of alkyl halides is 3. The third-order valence-corrected chi connectivity index (χ3v) is 2.93. The van der Waals surface area contributed by atoms with Gasteiger partial charge in [0.25, 0.3) is 0 Å². The summed E-state index contributed by atoms with van der Waals surface area (Å²) >= 11 is 3.03. The maximum Gasteiger partial charge on any atom is 0.411 e. The highest BCUT2D eigenvalue weighted by Crippen LogP contribution is 2.22. The highest BCUT2D eigenvalue weighted by atomic mass is 79.9. The van der Waals surface area contributed by atoms with Crippen LogP contribution in [0.2, 0.25) is 0 Å². The second-order valence-corrected chi connectivity index (χ2v) is 4.74. The number of aromatic nitrogens is 2. The molecule has 104 valence electrons. The van der Waals surface area contributed by atoms with E-state index in [2.05, 4.69) is 30.6 Å². The highest BCUT2D eigenvalue weighted by molar-refractivity contribution is 9.10. The molecule has 1 heterocycles. The van der Waals surface area contributed by atoms with Crippen molar-refractivity contribution in [3.8, 4) is 0 Å². The van der Waals surface area contributed by atoms with Crippen LogP contribution in [-0.4, -0.2) is 29.4 Å². The molecule has 0 atom stereocenters. The van der Waals surface area contributed by atoms with Gasteiger partial charge in [-0.15, -0.1) is 0 Å². The van der Waals surface area contributed by atoms with Gasteiger partial charge in [0.15, 0.2) is 0 Å². The lowest BCUT2D eigenvalue weighted by Gasteiger charge is -2.06. The van der Waals surface area contributed by atoms with Crippen LogP contribution in [0.1, 0.15) is 5.82 Å². The first-order chi connectivity index (χ1) is 8.85. The lowest BCUT2D eigenvalue weighted by atomic mass is 10.3. The monoisotopic (exact) mass is 340 g/mol.